The number of benzene rings is 2. The molecule has 0 unspecified atom stereocenters. The van der Waals surface area contributed by atoms with Gasteiger partial charge in [-0.2, -0.15) is 10.5 Å². The first-order chi connectivity index (χ1) is 14.5. The van der Waals surface area contributed by atoms with Gasteiger partial charge in [-0.05, 0) is 66.6 Å². The molecule has 2 aromatic carbocycles. The molecule has 0 spiro atoms. The molecule has 6 heteroatoms. The summed E-state index contributed by atoms with van der Waals surface area (Å²) in [5.74, 6) is 0.871. The number of carbonyl (C=O) groups excluding carboxylic acids is 1. The molecule has 6 nitrogen and oxygen atoms in total. The van der Waals surface area contributed by atoms with Gasteiger partial charge in [0.15, 0.2) is 0 Å². The van der Waals surface area contributed by atoms with Crippen LogP contribution in [0.3, 0.4) is 0 Å². The number of hydrogen-bond acceptors (Lipinski definition) is 6. The molecule has 0 radical (unpaired) electrons. The van der Waals surface area contributed by atoms with E-state index in [1.54, 1.807) is 62.6 Å². The minimum Gasteiger partial charge on any atom is -0.497 e. The number of methoxy groups -OCH3 is 1. The largest absolute Gasteiger partial charge is 0.497 e. The lowest BCUT2D eigenvalue weighted by molar-refractivity contribution is -0.139. The van der Waals surface area contributed by atoms with Gasteiger partial charge in [0.2, 0.25) is 0 Å². The molecule has 0 saturated carbocycles. The van der Waals surface area contributed by atoms with Crippen molar-refractivity contribution in [3.63, 3.8) is 0 Å². The standard InChI is InChI=1S/C24H22N2O4/c1-17(2)24(27)30-14-4-13-29-21-11-7-19(8-12-21)23(16-26)22(15-25)18-5-9-20(28-3)10-6-18/h5-12H,1,4,13-14H2,2-3H3. The van der Waals surface area contributed by atoms with E-state index < -0.39 is 5.97 Å². The molecule has 2 rings (SSSR count). The molecular weight excluding hydrogens is 380 g/mol. The van der Waals surface area contributed by atoms with E-state index in [9.17, 15) is 15.3 Å². The Balaban J connectivity index is 2.06. The Bertz CT molecular complexity index is 1010. The molecule has 30 heavy (non-hydrogen) atoms. The van der Waals surface area contributed by atoms with E-state index in [-0.39, 0.29) is 17.8 Å². The van der Waals surface area contributed by atoms with Crippen LogP contribution in [0.1, 0.15) is 24.5 Å². The van der Waals surface area contributed by atoms with Crippen molar-refractivity contribution in [2.45, 2.75) is 13.3 Å². The van der Waals surface area contributed by atoms with Crippen LogP contribution in [0.15, 0.2) is 60.7 Å². The van der Waals surface area contributed by atoms with Crippen LogP contribution in [0, 0.1) is 22.7 Å². The molecule has 0 saturated heterocycles. The summed E-state index contributed by atoms with van der Waals surface area (Å²) in [4.78, 5) is 11.3. The van der Waals surface area contributed by atoms with E-state index in [1.807, 2.05) is 0 Å². The predicted molar refractivity (Wildman–Crippen MR) is 113 cm³/mol. The van der Waals surface area contributed by atoms with Crippen LogP contribution in [0.25, 0.3) is 11.1 Å². The van der Waals surface area contributed by atoms with Gasteiger partial charge in [0.1, 0.15) is 23.6 Å². The molecule has 0 atom stereocenters. The number of ether oxygens (including phenoxy) is 3. The van der Waals surface area contributed by atoms with Crippen LogP contribution < -0.4 is 9.47 Å². The highest BCUT2D eigenvalue weighted by Crippen LogP contribution is 2.28. The molecule has 0 fully saturated rings. The quantitative estimate of drug-likeness (QED) is 0.201. The van der Waals surface area contributed by atoms with Gasteiger partial charge in [0, 0.05) is 12.0 Å². The smallest absolute Gasteiger partial charge is 0.333 e. The summed E-state index contributed by atoms with van der Waals surface area (Å²) < 4.78 is 15.8. The van der Waals surface area contributed by atoms with Gasteiger partial charge in [-0.25, -0.2) is 4.79 Å². The summed E-state index contributed by atoms with van der Waals surface area (Å²) in [7, 11) is 1.56. The second-order valence-electron chi connectivity index (χ2n) is 6.34. The van der Waals surface area contributed by atoms with E-state index in [1.165, 1.54) is 0 Å². The highest BCUT2D eigenvalue weighted by molar-refractivity contribution is 6.02. The van der Waals surface area contributed by atoms with Gasteiger partial charge < -0.3 is 14.2 Å². The van der Waals surface area contributed by atoms with E-state index in [4.69, 9.17) is 14.2 Å². The summed E-state index contributed by atoms with van der Waals surface area (Å²) in [5, 5.41) is 19.2. The van der Waals surface area contributed by atoms with Crippen molar-refractivity contribution in [1.82, 2.24) is 0 Å². The first-order valence-electron chi connectivity index (χ1n) is 9.25. The molecule has 0 N–H and O–H groups in total. The third-order valence-electron chi connectivity index (χ3n) is 4.13. The van der Waals surface area contributed by atoms with Crippen molar-refractivity contribution < 1.29 is 19.0 Å². The second kappa shape index (κ2) is 11.1. The first kappa shape index (κ1) is 22.3. The van der Waals surface area contributed by atoms with Crippen molar-refractivity contribution in [2.24, 2.45) is 0 Å². The fourth-order valence-electron chi connectivity index (χ4n) is 2.54. The summed E-state index contributed by atoms with van der Waals surface area (Å²) in [5.41, 5.74) is 2.18. The van der Waals surface area contributed by atoms with Crippen LogP contribution >= 0.6 is 0 Å². The topological polar surface area (TPSA) is 92.3 Å². The van der Waals surface area contributed by atoms with E-state index in [0.717, 1.165) is 0 Å². The normalized spacial score (nSPS) is 10.8. The fourth-order valence-corrected chi connectivity index (χ4v) is 2.54. The number of allylic oxidation sites excluding steroid dienone is 2. The van der Waals surface area contributed by atoms with E-state index in [0.29, 0.717) is 41.2 Å². The molecule has 0 aliphatic carbocycles. The van der Waals surface area contributed by atoms with Gasteiger partial charge in [0.05, 0.1) is 31.5 Å². The Morgan fingerprint density at radius 3 is 1.83 bits per heavy atom. The minimum atomic E-state index is -0.416. The Morgan fingerprint density at radius 2 is 1.40 bits per heavy atom. The summed E-state index contributed by atoms with van der Waals surface area (Å²) in [6, 6.07) is 18.1. The lowest BCUT2D eigenvalue weighted by Gasteiger charge is -2.09. The monoisotopic (exact) mass is 402 g/mol. The van der Waals surface area contributed by atoms with Crippen molar-refractivity contribution in [2.75, 3.05) is 20.3 Å². The van der Waals surface area contributed by atoms with Gasteiger partial charge in [0.25, 0.3) is 0 Å². The number of nitrogens with zero attached hydrogens (tertiary/aromatic N) is 2. The lowest BCUT2D eigenvalue weighted by Crippen LogP contribution is -2.09. The average molecular weight is 402 g/mol. The molecule has 0 amide bonds. The van der Waals surface area contributed by atoms with Crippen molar-refractivity contribution >= 4 is 17.1 Å². The van der Waals surface area contributed by atoms with Gasteiger partial charge in [-0.3, -0.25) is 0 Å². The third kappa shape index (κ3) is 5.98. The van der Waals surface area contributed by atoms with Crippen LogP contribution in [-0.4, -0.2) is 26.3 Å². The van der Waals surface area contributed by atoms with Crippen LogP contribution in [0.5, 0.6) is 11.5 Å². The predicted octanol–water partition coefficient (Wildman–Crippen LogP) is 4.54. The average Bonchev–Trinajstić information content (AvgIpc) is 2.77. The fraction of sp³-hybridized carbons (Fsp3) is 0.208. The first-order valence-corrected chi connectivity index (χ1v) is 9.25. The maximum atomic E-state index is 11.3. The summed E-state index contributed by atoms with van der Waals surface area (Å²) in [6.45, 7) is 5.73. The SMILES string of the molecule is C=C(C)C(=O)OCCCOc1ccc(C(C#N)=C(C#N)c2ccc(OC)cc2)cc1. The lowest BCUT2D eigenvalue weighted by atomic mass is 9.96. The highest BCUT2D eigenvalue weighted by Gasteiger charge is 2.12. The molecule has 152 valence electrons. The van der Waals surface area contributed by atoms with Crippen molar-refractivity contribution in [3.05, 3.63) is 71.8 Å². The van der Waals surface area contributed by atoms with E-state index in [2.05, 4.69) is 18.7 Å². The van der Waals surface area contributed by atoms with E-state index >= 15 is 0 Å². The Kier molecular flexibility index (Phi) is 8.23. The molecule has 0 aliphatic rings. The molecule has 0 aliphatic heterocycles. The number of carbonyl (C=O) groups is 1. The number of hydrogen-bond donors (Lipinski definition) is 0. The zero-order valence-electron chi connectivity index (χ0n) is 17.0. The zero-order chi connectivity index (χ0) is 21.9. The number of esters is 1. The van der Waals surface area contributed by atoms with Crippen molar-refractivity contribution in [3.8, 4) is 23.6 Å². The Morgan fingerprint density at radius 1 is 0.900 bits per heavy atom. The highest BCUT2D eigenvalue weighted by atomic mass is 16.5. The Labute approximate surface area is 176 Å². The van der Waals surface area contributed by atoms with Crippen LogP contribution in [0.2, 0.25) is 0 Å². The summed E-state index contributed by atoms with van der Waals surface area (Å²) >= 11 is 0. The number of nitriles is 2. The van der Waals surface area contributed by atoms with Crippen molar-refractivity contribution in [1.29, 1.82) is 10.5 Å². The van der Waals surface area contributed by atoms with Gasteiger partial charge in [-0.15, -0.1) is 0 Å². The Hall–Kier alpha value is -4.03. The second-order valence-corrected chi connectivity index (χ2v) is 6.34. The molecule has 0 heterocycles. The van der Waals surface area contributed by atoms with Gasteiger partial charge in [-0.1, -0.05) is 6.58 Å². The summed E-state index contributed by atoms with van der Waals surface area (Å²) in [6.07, 6.45) is 0.542. The minimum absolute atomic E-state index is 0.248. The molecule has 2 aromatic rings. The molecular formula is C24H22N2O4. The van der Waals surface area contributed by atoms with Gasteiger partial charge >= 0.3 is 5.97 Å². The zero-order valence-corrected chi connectivity index (χ0v) is 17.0. The number of rotatable bonds is 9. The molecule has 0 bridgehead atoms. The molecule has 0 aromatic heterocycles. The van der Waals surface area contributed by atoms with Crippen LogP contribution in [-0.2, 0) is 9.53 Å². The third-order valence-corrected chi connectivity index (χ3v) is 4.13. The van der Waals surface area contributed by atoms with Crippen LogP contribution in [0.4, 0.5) is 0 Å². The maximum absolute atomic E-state index is 11.3. The maximum Gasteiger partial charge on any atom is 0.333 e.